The topological polar surface area (TPSA) is 20.2 Å². The van der Waals surface area contributed by atoms with Crippen LogP contribution < -0.4 is 0 Å². The summed E-state index contributed by atoms with van der Waals surface area (Å²) >= 11 is 1.74. The summed E-state index contributed by atoms with van der Waals surface area (Å²) in [5.74, 6) is 1.10. The monoisotopic (exact) mass is 246 g/mol. The molecule has 1 aliphatic carbocycles. The first-order chi connectivity index (χ1) is 8.27. The third kappa shape index (κ3) is 1.90. The minimum atomic E-state index is -0.283. The van der Waals surface area contributed by atoms with Gasteiger partial charge in [-0.05, 0) is 40.7 Å². The Hall–Kier alpha value is -0.860. The van der Waals surface area contributed by atoms with Gasteiger partial charge >= 0.3 is 0 Å². The maximum atomic E-state index is 10.6. The van der Waals surface area contributed by atoms with Crippen LogP contribution in [-0.4, -0.2) is 5.11 Å². The van der Waals surface area contributed by atoms with E-state index in [9.17, 15) is 5.11 Å². The van der Waals surface area contributed by atoms with E-state index in [1.807, 2.05) is 0 Å². The Morgan fingerprint density at radius 1 is 1.29 bits per heavy atom. The first kappa shape index (κ1) is 11.2. The Labute approximate surface area is 106 Å². The maximum absolute atomic E-state index is 10.6. The van der Waals surface area contributed by atoms with E-state index >= 15 is 0 Å². The van der Waals surface area contributed by atoms with Gasteiger partial charge in [0.25, 0.3) is 0 Å². The van der Waals surface area contributed by atoms with Gasteiger partial charge < -0.3 is 5.11 Å². The molecule has 1 aliphatic rings. The van der Waals surface area contributed by atoms with Gasteiger partial charge in [-0.15, -0.1) is 11.3 Å². The molecule has 1 N–H and O–H groups in total. The van der Waals surface area contributed by atoms with Gasteiger partial charge in [0.2, 0.25) is 0 Å². The molecule has 0 amide bonds. The predicted molar refractivity (Wildman–Crippen MR) is 73.3 cm³/mol. The Bertz CT molecular complexity index is 516. The lowest BCUT2D eigenvalue weighted by atomic mass is 9.88. The van der Waals surface area contributed by atoms with Gasteiger partial charge in [0.1, 0.15) is 0 Å². The summed E-state index contributed by atoms with van der Waals surface area (Å²) in [6, 6.07) is 8.41. The molecular weight excluding hydrogens is 228 g/mol. The van der Waals surface area contributed by atoms with Crippen LogP contribution in [0.5, 0.6) is 0 Å². The Morgan fingerprint density at radius 3 is 2.94 bits per heavy atom. The summed E-state index contributed by atoms with van der Waals surface area (Å²) in [5.41, 5.74) is 1.14. The SMILES string of the molecule is CC1CCCC1C(O)c1cccc2ccsc12. The van der Waals surface area contributed by atoms with E-state index in [0.717, 1.165) is 5.56 Å². The fourth-order valence-electron chi connectivity index (χ4n) is 3.12. The number of hydrogen-bond acceptors (Lipinski definition) is 2. The summed E-state index contributed by atoms with van der Waals surface area (Å²) in [5, 5.41) is 14.0. The van der Waals surface area contributed by atoms with Crippen molar-refractivity contribution < 1.29 is 5.11 Å². The van der Waals surface area contributed by atoms with E-state index in [4.69, 9.17) is 0 Å². The van der Waals surface area contributed by atoms with Crippen LogP contribution in [0.1, 0.15) is 37.9 Å². The maximum Gasteiger partial charge on any atom is 0.0834 e. The molecule has 3 rings (SSSR count). The fourth-order valence-corrected chi connectivity index (χ4v) is 4.07. The minimum Gasteiger partial charge on any atom is -0.388 e. The number of thiophene rings is 1. The second-order valence-electron chi connectivity index (χ2n) is 5.20. The lowest BCUT2D eigenvalue weighted by Gasteiger charge is -2.23. The first-order valence-electron chi connectivity index (χ1n) is 6.41. The van der Waals surface area contributed by atoms with Crippen molar-refractivity contribution in [1.82, 2.24) is 0 Å². The molecule has 2 heteroatoms. The van der Waals surface area contributed by atoms with E-state index in [0.29, 0.717) is 11.8 Å². The van der Waals surface area contributed by atoms with Crippen LogP contribution in [0, 0.1) is 11.8 Å². The van der Waals surface area contributed by atoms with E-state index in [1.54, 1.807) is 11.3 Å². The average Bonchev–Trinajstić information content (AvgIpc) is 2.95. The molecule has 90 valence electrons. The highest BCUT2D eigenvalue weighted by Gasteiger charge is 2.31. The summed E-state index contributed by atoms with van der Waals surface area (Å²) in [6.07, 6.45) is 3.42. The highest BCUT2D eigenvalue weighted by molar-refractivity contribution is 7.17. The van der Waals surface area contributed by atoms with Crippen LogP contribution in [0.2, 0.25) is 0 Å². The molecular formula is C15H18OS. The third-order valence-corrected chi connectivity index (χ3v) is 5.14. The van der Waals surface area contributed by atoms with Crippen LogP contribution in [0.3, 0.4) is 0 Å². The van der Waals surface area contributed by atoms with Gasteiger partial charge in [0, 0.05) is 4.70 Å². The molecule has 3 unspecified atom stereocenters. The molecule has 0 radical (unpaired) electrons. The summed E-state index contributed by atoms with van der Waals surface area (Å²) < 4.78 is 1.26. The molecule has 3 atom stereocenters. The Kier molecular flexibility index (Phi) is 2.93. The van der Waals surface area contributed by atoms with E-state index < -0.39 is 0 Å². The van der Waals surface area contributed by atoms with E-state index in [2.05, 4.69) is 36.6 Å². The molecule has 0 bridgehead atoms. The molecule has 1 fully saturated rings. The molecule has 2 aromatic rings. The Balaban J connectivity index is 2.00. The number of benzene rings is 1. The number of rotatable bonds is 2. The number of aliphatic hydroxyl groups is 1. The number of fused-ring (bicyclic) bond motifs is 1. The molecule has 1 aromatic heterocycles. The number of hydrogen-bond donors (Lipinski definition) is 1. The zero-order valence-electron chi connectivity index (χ0n) is 10.1. The van der Waals surface area contributed by atoms with E-state index in [-0.39, 0.29) is 6.10 Å². The van der Waals surface area contributed by atoms with Crippen LogP contribution in [0.15, 0.2) is 29.6 Å². The summed E-state index contributed by atoms with van der Waals surface area (Å²) in [4.78, 5) is 0. The van der Waals surface area contributed by atoms with Crippen molar-refractivity contribution in [2.24, 2.45) is 11.8 Å². The van der Waals surface area contributed by atoms with Gasteiger partial charge in [-0.25, -0.2) is 0 Å². The molecule has 1 nitrogen and oxygen atoms in total. The highest BCUT2D eigenvalue weighted by atomic mass is 32.1. The predicted octanol–water partition coefficient (Wildman–Crippen LogP) is 4.37. The molecule has 17 heavy (non-hydrogen) atoms. The van der Waals surface area contributed by atoms with Gasteiger partial charge in [0.15, 0.2) is 0 Å². The van der Waals surface area contributed by atoms with Gasteiger partial charge in [-0.3, -0.25) is 0 Å². The molecule has 0 saturated heterocycles. The van der Waals surface area contributed by atoms with Crippen molar-refractivity contribution in [3.63, 3.8) is 0 Å². The van der Waals surface area contributed by atoms with E-state index in [1.165, 1.54) is 29.3 Å². The normalized spacial score (nSPS) is 26.5. The van der Waals surface area contributed by atoms with Crippen molar-refractivity contribution in [3.05, 3.63) is 35.2 Å². The van der Waals surface area contributed by atoms with Crippen molar-refractivity contribution >= 4 is 21.4 Å². The van der Waals surface area contributed by atoms with Gasteiger partial charge in [-0.1, -0.05) is 38.0 Å². The largest absolute Gasteiger partial charge is 0.388 e. The second-order valence-corrected chi connectivity index (χ2v) is 6.12. The van der Waals surface area contributed by atoms with Gasteiger partial charge in [-0.2, -0.15) is 0 Å². The quantitative estimate of drug-likeness (QED) is 0.834. The fraction of sp³-hybridized carbons (Fsp3) is 0.467. The highest BCUT2D eigenvalue weighted by Crippen LogP contribution is 2.42. The van der Waals surface area contributed by atoms with Crippen molar-refractivity contribution in [1.29, 1.82) is 0 Å². The van der Waals surface area contributed by atoms with Crippen molar-refractivity contribution in [2.45, 2.75) is 32.3 Å². The summed E-state index contributed by atoms with van der Waals surface area (Å²) in [6.45, 7) is 2.27. The van der Waals surface area contributed by atoms with Crippen molar-refractivity contribution in [3.8, 4) is 0 Å². The smallest absolute Gasteiger partial charge is 0.0834 e. The molecule has 1 heterocycles. The molecule has 0 spiro atoms. The lowest BCUT2D eigenvalue weighted by molar-refractivity contribution is 0.0915. The average molecular weight is 246 g/mol. The first-order valence-corrected chi connectivity index (χ1v) is 7.29. The zero-order chi connectivity index (χ0) is 11.8. The van der Waals surface area contributed by atoms with Crippen LogP contribution >= 0.6 is 11.3 Å². The number of aliphatic hydroxyl groups excluding tert-OH is 1. The van der Waals surface area contributed by atoms with Crippen molar-refractivity contribution in [2.75, 3.05) is 0 Å². The lowest BCUT2D eigenvalue weighted by Crippen LogP contribution is -2.15. The van der Waals surface area contributed by atoms with Crippen LogP contribution in [0.4, 0.5) is 0 Å². The zero-order valence-corrected chi connectivity index (χ0v) is 10.9. The van der Waals surface area contributed by atoms with Crippen LogP contribution in [0.25, 0.3) is 10.1 Å². The Morgan fingerprint density at radius 2 is 2.18 bits per heavy atom. The molecule has 1 saturated carbocycles. The second kappa shape index (κ2) is 4.43. The molecule has 1 aromatic carbocycles. The minimum absolute atomic E-state index is 0.283. The third-order valence-electron chi connectivity index (χ3n) is 4.16. The summed E-state index contributed by atoms with van der Waals surface area (Å²) in [7, 11) is 0. The van der Waals surface area contributed by atoms with Gasteiger partial charge in [0.05, 0.1) is 6.10 Å². The molecule has 0 aliphatic heterocycles. The van der Waals surface area contributed by atoms with Crippen LogP contribution in [-0.2, 0) is 0 Å². The standard InChI is InChI=1S/C15H18OS/c1-10-4-2-6-12(10)14(16)13-7-3-5-11-8-9-17-15(11)13/h3,5,7-10,12,14,16H,2,4,6H2,1H3.